The highest BCUT2D eigenvalue weighted by Gasteiger charge is 2.29. The van der Waals surface area contributed by atoms with Crippen molar-refractivity contribution in [2.24, 2.45) is 0 Å². The van der Waals surface area contributed by atoms with E-state index in [1.165, 1.54) is 22.3 Å². The van der Waals surface area contributed by atoms with Gasteiger partial charge in [0.25, 0.3) is 0 Å². The largest absolute Gasteiger partial charge is 0.448 e. The molecule has 26 heavy (non-hydrogen) atoms. The lowest BCUT2D eigenvalue weighted by molar-refractivity contribution is 0.158. The van der Waals surface area contributed by atoms with E-state index in [1.807, 2.05) is 30.3 Å². The van der Waals surface area contributed by atoms with Crippen molar-refractivity contribution in [2.45, 2.75) is 12.5 Å². The maximum Gasteiger partial charge on any atom is 0.411 e. The van der Waals surface area contributed by atoms with E-state index >= 15 is 0 Å². The molecule has 1 aliphatic carbocycles. The van der Waals surface area contributed by atoms with E-state index in [-0.39, 0.29) is 19.1 Å². The Kier molecular flexibility index (Phi) is 4.42. The van der Waals surface area contributed by atoms with Crippen LogP contribution in [0.3, 0.4) is 0 Å². The molecule has 4 heteroatoms. The highest BCUT2D eigenvalue weighted by molar-refractivity contribution is 5.86. The summed E-state index contributed by atoms with van der Waals surface area (Å²) in [5.41, 5.74) is 5.97. The van der Waals surface area contributed by atoms with Gasteiger partial charge in [0.1, 0.15) is 6.61 Å². The lowest BCUT2D eigenvalue weighted by Crippen LogP contribution is -2.18. The molecule has 1 aliphatic rings. The molecule has 0 radical (unpaired) electrons. The van der Waals surface area contributed by atoms with E-state index in [4.69, 9.17) is 4.74 Å². The first-order valence-corrected chi connectivity index (χ1v) is 8.58. The molecule has 2 N–H and O–H groups in total. The van der Waals surface area contributed by atoms with Crippen LogP contribution in [0.4, 0.5) is 10.5 Å². The van der Waals surface area contributed by atoms with Crippen LogP contribution in [0.15, 0.2) is 72.8 Å². The quantitative estimate of drug-likeness (QED) is 0.730. The molecule has 1 amide bonds. The van der Waals surface area contributed by atoms with Gasteiger partial charge in [-0.05, 0) is 28.3 Å². The minimum atomic E-state index is -0.521. The van der Waals surface area contributed by atoms with Gasteiger partial charge in [-0.3, -0.25) is 5.32 Å². The summed E-state index contributed by atoms with van der Waals surface area (Å²) in [5.74, 6) is 0.0289. The number of amides is 1. The summed E-state index contributed by atoms with van der Waals surface area (Å²) in [6.45, 7) is 0.126. The highest BCUT2D eigenvalue weighted by Crippen LogP contribution is 2.44. The van der Waals surface area contributed by atoms with E-state index in [9.17, 15) is 9.90 Å². The number of rotatable bonds is 4. The third-order valence-corrected chi connectivity index (χ3v) is 4.77. The summed E-state index contributed by atoms with van der Waals surface area (Å²) in [6.07, 6.45) is -0.521. The molecule has 0 aliphatic heterocycles. The molecule has 0 atom stereocenters. The van der Waals surface area contributed by atoms with E-state index < -0.39 is 6.09 Å². The molecule has 0 bridgehead atoms. The second-order valence-corrected chi connectivity index (χ2v) is 6.27. The summed E-state index contributed by atoms with van der Waals surface area (Å²) >= 11 is 0. The van der Waals surface area contributed by atoms with Crippen molar-refractivity contribution in [1.82, 2.24) is 0 Å². The number of hydrogen-bond donors (Lipinski definition) is 2. The number of para-hydroxylation sites is 1. The molecule has 4 rings (SSSR count). The van der Waals surface area contributed by atoms with Crippen LogP contribution >= 0.6 is 0 Å². The normalized spacial score (nSPS) is 12.3. The average molecular weight is 345 g/mol. The second kappa shape index (κ2) is 7.02. The summed E-state index contributed by atoms with van der Waals surface area (Å²) in [7, 11) is 0. The molecule has 0 heterocycles. The minimum Gasteiger partial charge on any atom is -0.448 e. The number of ether oxygens (including phenoxy) is 1. The zero-order chi connectivity index (χ0) is 17.9. The first-order chi connectivity index (χ1) is 12.8. The van der Waals surface area contributed by atoms with Gasteiger partial charge in [-0.2, -0.15) is 0 Å². The fourth-order valence-corrected chi connectivity index (χ4v) is 3.52. The van der Waals surface area contributed by atoms with Crippen LogP contribution < -0.4 is 5.32 Å². The van der Waals surface area contributed by atoms with E-state index in [2.05, 4.69) is 29.6 Å². The Morgan fingerprint density at radius 2 is 1.46 bits per heavy atom. The number of benzene rings is 3. The van der Waals surface area contributed by atoms with Gasteiger partial charge in [-0.1, -0.05) is 66.7 Å². The highest BCUT2D eigenvalue weighted by atomic mass is 16.5. The summed E-state index contributed by atoms with van der Waals surface area (Å²) in [5, 5.41) is 12.1. The van der Waals surface area contributed by atoms with Crippen molar-refractivity contribution in [3.63, 3.8) is 0 Å². The SMILES string of the molecule is O=C(Nc1ccccc1CO)OCC1c2ccccc2-c2ccccc21. The van der Waals surface area contributed by atoms with Gasteiger partial charge >= 0.3 is 6.09 Å². The summed E-state index contributed by atoms with van der Waals surface area (Å²) < 4.78 is 5.51. The topological polar surface area (TPSA) is 58.6 Å². The van der Waals surface area contributed by atoms with Crippen LogP contribution in [0.2, 0.25) is 0 Å². The van der Waals surface area contributed by atoms with Crippen LogP contribution in [0.1, 0.15) is 22.6 Å². The Balaban J connectivity index is 1.50. The van der Waals surface area contributed by atoms with Crippen LogP contribution in [0.5, 0.6) is 0 Å². The fourth-order valence-electron chi connectivity index (χ4n) is 3.52. The number of aliphatic hydroxyl groups excluding tert-OH is 1. The third-order valence-electron chi connectivity index (χ3n) is 4.77. The zero-order valence-electron chi connectivity index (χ0n) is 14.2. The smallest absolute Gasteiger partial charge is 0.411 e. The van der Waals surface area contributed by atoms with Crippen LogP contribution in [-0.2, 0) is 11.3 Å². The van der Waals surface area contributed by atoms with E-state index in [1.54, 1.807) is 18.2 Å². The van der Waals surface area contributed by atoms with Gasteiger partial charge in [-0.15, -0.1) is 0 Å². The van der Waals surface area contributed by atoms with Crippen molar-refractivity contribution in [1.29, 1.82) is 0 Å². The van der Waals surface area contributed by atoms with Gasteiger partial charge in [0.05, 0.1) is 6.61 Å². The number of carbonyl (C=O) groups excluding carboxylic acids is 1. The van der Waals surface area contributed by atoms with Crippen LogP contribution in [0, 0.1) is 0 Å². The zero-order valence-corrected chi connectivity index (χ0v) is 14.2. The first kappa shape index (κ1) is 16.4. The Morgan fingerprint density at radius 3 is 2.12 bits per heavy atom. The number of anilines is 1. The van der Waals surface area contributed by atoms with Crippen molar-refractivity contribution < 1.29 is 14.6 Å². The second-order valence-electron chi connectivity index (χ2n) is 6.27. The molecule has 0 aromatic heterocycles. The van der Waals surface area contributed by atoms with E-state index in [0.717, 1.165) is 0 Å². The van der Waals surface area contributed by atoms with Crippen molar-refractivity contribution in [2.75, 3.05) is 11.9 Å². The van der Waals surface area contributed by atoms with Crippen molar-refractivity contribution >= 4 is 11.8 Å². The third kappa shape index (κ3) is 2.95. The Hall–Kier alpha value is -3.11. The molecular formula is C22H19NO3. The molecule has 0 spiro atoms. The maximum absolute atomic E-state index is 12.2. The van der Waals surface area contributed by atoms with Crippen LogP contribution in [0.25, 0.3) is 11.1 Å². The number of carbonyl (C=O) groups is 1. The van der Waals surface area contributed by atoms with Gasteiger partial charge in [-0.25, -0.2) is 4.79 Å². The standard InChI is InChI=1S/C22H19NO3/c24-13-15-7-1-6-12-21(15)23-22(25)26-14-20-18-10-4-2-8-16(18)17-9-3-5-11-19(17)20/h1-12,20,24H,13-14H2,(H,23,25). The maximum atomic E-state index is 12.2. The monoisotopic (exact) mass is 345 g/mol. The van der Waals surface area contributed by atoms with Gasteiger partial charge in [0.15, 0.2) is 0 Å². The summed E-state index contributed by atoms with van der Waals surface area (Å²) in [6, 6.07) is 23.6. The molecule has 130 valence electrons. The molecule has 0 saturated heterocycles. The predicted molar refractivity (Wildman–Crippen MR) is 101 cm³/mol. The van der Waals surface area contributed by atoms with Crippen LogP contribution in [-0.4, -0.2) is 17.8 Å². The van der Waals surface area contributed by atoms with E-state index in [0.29, 0.717) is 11.3 Å². The summed E-state index contributed by atoms with van der Waals surface area (Å²) in [4.78, 5) is 12.2. The van der Waals surface area contributed by atoms with Gasteiger partial charge < -0.3 is 9.84 Å². The Morgan fingerprint density at radius 1 is 0.885 bits per heavy atom. The van der Waals surface area contributed by atoms with Crippen molar-refractivity contribution in [3.8, 4) is 11.1 Å². The molecule has 3 aromatic rings. The molecule has 0 unspecified atom stereocenters. The lowest BCUT2D eigenvalue weighted by atomic mass is 9.98. The van der Waals surface area contributed by atoms with Crippen molar-refractivity contribution in [3.05, 3.63) is 89.5 Å². The molecule has 0 fully saturated rings. The first-order valence-electron chi connectivity index (χ1n) is 8.58. The Labute approximate surface area is 152 Å². The Bertz CT molecular complexity index is 906. The molecule has 0 saturated carbocycles. The number of fused-ring (bicyclic) bond motifs is 3. The number of nitrogens with one attached hydrogen (secondary N) is 1. The molecular weight excluding hydrogens is 326 g/mol. The minimum absolute atomic E-state index is 0.0289. The fraction of sp³-hybridized carbons (Fsp3) is 0.136. The predicted octanol–water partition coefficient (Wildman–Crippen LogP) is 4.54. The number of hydrogen-bond acceptors (Lipinski definition) is 3. The molecule has 3 aromatic carbocycles. The molecule has 4 nitrogen and oxygen atoms in total. The number of aliphatic hydroxyl groups is 1. The lowest BCUT2D eigenvalue weighted by Gasteiger charge is -2.15. The average Bonchev–Trinajstić information content (AvgIpc) is 3.01. The van der Waals surface area contributed by atoms with Gasteiger partial charge in [0, 0.05) is 17.2 Å². The van der Waals surface area contributed by atoms with Gasteiger partial charge in [0.2, 0.25) is 0 Å².